The highest BCUT2D eigenvalue weighted by Gasteiger charge is 2.41. The molecule has 1 aromatic carbocycles. The molecule has 0 atom stereocenters. The Hall–Kier alpha value is -5.26. The van der Waals surface area contributed by atoms with Crippen LogP contribution >= 0.6 is 0 Å². The lowest BCUT2D eigenvalue weighted by atomic mass is 9.88. The third-order valence-electron chi connectivity index (χ3n) is 12.8. The fraction of sp³-hybridized carbons (Fsp3) is 0.706. The number of urea groups is 3. The molecule has 456 valence electrons. The quantitative estimate of drug-likeness (QED) is 0.0244. The molecule has 0 bridgehead atoms. The topological polar surface area (TPSA) is 299 Å². The van der Waals surface area contributed by atoms with Crippen molar-refractivity contribution in [3.05, 3.63) is 69.1 Å². The van der Waals surface area contributed by atoms with Crippen LogP contribution < -0.4 is 31.9 Å². The lowest BCUT2D eigenvalue weighted by molar-refractivity contribution is 0.0700. The van der Waals surface area contributed by atoms with Crippen LogP contribution in [0.4, 0.5) is 14.4 Å². The molecule has 27 nitrogen and oxygen atoms in total. The molecular weight excluding hydrogens is 1100 g/mol. The van der Waals surface area contributed by atoms with Crippen LogP contribution in [0.25, 0.3) is 0 Å². The minimum Gasteiger partial charge on any atom is -0.374 e. The summed E-state index contributed by atoms with van der Waals surface area (Å²) in [5.41, 5.74) is 7.90. The molecule has 0 aliphatic rings. The second-order valence-electron chi connectivity index (χ2n) is 18.6. The Bertz CT molecular complexity index is 2150. The first-order chi connectivity index (χ1) is 39.1. The van der Waals surface area contributed by atoms with Crippen LogP contribution in [-0.2, 0) is 79.1 Å². The van der Waals surface area contributed by atoms with E-state index in [2.05, 4.69) is 83.6 Å². The summed E-state index contributed by atoms with van der Waals surface area (Å²) in [5, 5.41) is 43.9. The molecule has 0 spiro atoms. The van der Waals surface area contributed by atoms with E-state index in [1.807, 2.05) is 80.9 Å². The summed E-state index contributed by atoms with van der Waals surface area (Å²) < 4.78 is 58.8. The Morgan fingerprint density at radius 3 is 0.815 bits per heavy atom. The first-order valence-corrected chi connectivity index (χ1v) is 34.5. The first-order valence-electron chi connectivity index (χ1n) is 28.7. The number of amides is 6. The van der Waals surface area contributed by atoms with Gasteiger partial charge in [-0.2, -0.15) is 0 Å². The average Bonchev–Trinajstić information content (AvgIpc) is 4.23. The summed E-state index contributed by atoms with van der Waals surface area (Å²) in [6, 6.07) is 0.766. The van der Waals surface area contributed by atoms with Gasteiger partial charge in [-0.15, -0.1) is 15.3 Å². The zero-order valence-corrected chi connectivity index (χ0v) is 53.1. The van der Waals surface area contributed by atoms with Gasteiger partial charge in [0.15, 0.2) is 0 Å². The van der Waals surface area contributed by atoms with E-state index in [0.29, 0.717) is 153 Å². The van der Waals surface area contributed by atoms with Gasteiger partial charge in [-0.05, 0) is 136 Å². The molecule has 4 aromatic rings. The molecule has 6 N–H and O–H groups in total. The van der Waals surface area contributed by atoms with Crippen LogP contribution in [0, 0.1) is 20.8 Å². The van der Waals surface area contributed by atoms with Crippen molar-refractivity contribution in [3.63, 3.8) is 0 Å². The van der Waals surface area contributed by atoms with Crippen molar-refractivity contribution in [3.8, 4) is 0 Å². The van der Waals surface area contributed by atoms with Gasteiger partial charge in [0.05, 0.1) is 57.9 Å². The second kappa shape index (κ2) is 36.3. The van der Waals surface area contributed by atoms with E-state index >= 15 is 0 Å². The lowest BCUT2D eigenvalue weighted by Gasteiger charge is -2.28. The van der Waals surface area contributed by atoms with Crippen molar-refractivity contribution in [2.45, 2.75) is 160 Å². The van der Waals surface area contributed by atoms with Gasteiger partial charge in [0, 0.05) is 97.2 Å². The fourth-order valence-electron chi connectivity index (χ4n) is 9.30. The largest absolute Gasteiger partial charge is 0.500 e. The molecule has 4 rings (SSSR count). The van der Waals surface area contributed by atoms with Crippen molar-refractivity contribution in [1.29, 1.82) is 0 Å². The summed E-state index contributed by atoms with van der Waals surface area (Å²) in [6.45, 7) is 30.8. The Kier molecular flexibility index (Phi) is 30.6. The molecule has 0 fully saturated rings. The minimum absolute atomic E-state index is 0.166. The summed E-state index contributed by atoms with van der Waals surface area (Å²) >= 11 is 0. The molecule has 0 radical (unpaired) electrons. The van der Waals surface area contributed by atoms with Crippen molar-refractivity contribution in [2.75, 3.05) is 79.1 Å². The van der Waals surface area contributed by atoms with Crippen LogP contribution in [0.1, 0.15) is 132 Å². The molecule has 0 aliphatic carbocycles. The summed E-state index contributed by atoms with van der Waals surface area (Å²) in [4.78, 5) is 38.6. The van der Waals surface area contributed by atoms with Crippen LogP contribution in [-0.4, -0.2) is 169 Å². The molecule has 0 saturated carbocycles. The van der Waals surface area contributed by atoms with Crippen molar-refractivity contribution in [1.82, 2.24) is 76.9 Å². The Morgan fingerprint density at radius 1 is 0.383 bits per heavy atom. The van der Waals surface area contributed by atoms with Crippen molar-refractivity contribution in [2.24, 2.45) is 0 Å². The van der Waals surface area contributed by atoms with E-state index in [4.69, 9.17) is 39.8 Å². The van der Waals surface area contributed by atoms with E-state index in [1.54, 1.807) is 14.0 Å². The minimum atomic E-state index is -2.82. The second-order valence-corrected chi connectivity index (χ2v) is 26.8. The van der Waals surface area contributed by atoms with E-state index < -0.39 is 26.4 Å². The first kappa shape index (κ1) is 68.2. The maximum atomic E-state index is 12.9. The predicted molar refractivity (Wildman–Crippen MR) is 309 cm³/mol. The number of hydrogen-bond acceptors (Lipinski definition) is 18. The smallest absolute Gasteiger partial charge is 0.374 e. The average molecular weight is 1190 g/mol. The number of carbonyl (C=O) groups excluding carboxylic acids is 3. The molecule has 0 unspecified atom stereocenters. The zero-order valence-electron chi connectivity index (χ0n) is 50.1. The molecule has 3 aromatic heterocycles. The maximum Gasteiger partial charge on any atom is 0.500 e. The van der Waals surface area contributed by atoms with E-state index in [0.717, 1.165) is 33.4 Å². The van der Waals surface area contributed by atoms with Gasteiger partial charge in [-0.3, -0.25) is 0 Å². The van der Waals surface area contributed by atoms with Gasteiger partial charge >= 0.3 is 44.5 Å². The van der Waals surface area contributed by atoms with Gasteiger partial charge in [0.2, 0.25) is 0 Å². The molecule has 0 saturated heterocycles. The van der Waals surface area contributed by atoms with Gasteiger partial charge < -0.3 is 71.7 Å². The number of benzene rings is 1. The molecule has 0 aliphatic heterocycles. The number of hydrogen-bond donors (Lipinski definition) is 6. The van der Waals surface area contributed by atoms with Crippen molar-refractivity contribution < 1.29 is 54.2 Å². The van der Waals surface area contributed by atoms with E-state index in [9.17, 15) is 14.4 Å². The number of aromatic nitrogens is 9. The van der Waals surface area contributed by atoms with Crippen LogP contribution in [0.2, 0.25) is 18.1 Å². The van der Waals surface area contributed by atoms with E-state index in [-0.39, 0.29) is 37.7 Å². The third-order valence-corrected chi connectivity index (χ3v) is 22.3. The molecule has 81 heavy (non-hydrogen) atoms. The fourth-order valence-corrected chi connectivity index (χ4v) is 17.1. The summed E-state index contributed by atoms with van der Waals surface area (Å²) in [5.74, 6) is 0. The lowest BCUT2D eigenvalue weighted by Crippen LogP contribution is -2.46. The molecule has 3 heterocycles. The van der Waals surface area contributed by atoms with Gasteiger partial charge in [-0.25, -0.2) is 28.4 Å². The monoisotopic (exact) mass is 1190 g/mol. The number of nitrogens with zero attached hydrogens (tertiary/aromatic N) is 9. The molecular formula is C51H93N15O12Si3. The van der Waals surface area contributed by atoms with Gasteiger partial charge in [0.1, 0.15) is 17.1 Å². The Balaban J connectivity index is 1.46. The Morgan fingerprint density at radius 2 is 0.605 bits per heavy atom. The van der Waals surface area contributed by atoms with Crippen LogP contribution in [0.5, 0.6) is 0 Å². The highest BCUT2D eigenvalue weighted by molar-refractivity contribution is 6.61. The third kappa shape index (κ3) is 22.4. The molecule has 30 heteroatoms. The SMILES string of the molecule is CCO[Si](CCCNC(=O)NCc1cn(Cc2c(C)c(Cn3cc(CNC(=O)NCCC[Si](OCC)(OCC)OCC)nn3)c(C)c(Cn3cc(CNC(=O)NCCC[Si](OCC)(OCC)OCC)nn3)c2C)nn1)(OCC)OCC. The van der Waals surface area contributed by atoms with Crippen LogP contribution in [0.3, 0.4) is 0 Å². The highest BCUT2D eigenvalue weighted by atomic mass is 28.4. The standard InChI is InChI=1S/C51H93N15O12Si3/c1-13-70-79(71-14-2,72-15-3)28-22-25-52-49(67)55-31-43-34-64(61-58-43)37-46-40(10)47(38-65-35-44(59-62-65)32-56-50(68)53-26-23-29-80(73-16-4,74-17-5)75-18-6)42(12)48(41(46)11)39-66-36-45(60-63-66)33-57-51(69)54-27-24-30-81(76-19-7,77-20-8)78-21-9/h34-36H,13-33,37-39H2,1-12H3,(H2,52,55,67)(H2,53,56,68)(H2,54,57,69). The predicted octanol–water partition coefficient (Wildman–Crippen LogP) is 5.24. The Labute approximate surface area is 481 Å². The zero-order chi connectivity index (χ0) is 59.1. The summed E-state index contributed by atoms with van der Waals surface area (Å²) in [7, 11) is -8.45. The maximum absolute atomic E-state index is 12.9. The van der Waals surface area contributed by atoms with Gasteiger partial charge in [0.25, 0.3) is 0 Å². The van der Waals surface area contributed by atoms with E-state index in [1.165, 1.54) is 0 Å². The number of nitrogens with one attached hydrogen (secondary N) is 6. The number of carbonyl (C=O) groups is 3. The summed E-state index contributed by atoms with van der Waals surface area (Å²) in [6.07, 6.45) is 7.35. The number of rotatable bonds is 42. The van der Waals surface area contributed by atoms with Crippen LogP contribution in [0.15, 0.2) is 18.6 Å². The highest BCUT2D eigenvalue weighted by Crippen LogP contribution is 2.30. The van der Waals surface area contributed by atoms with Gasteiger partial charge in [-0.1, -0.05) is 15.6 Å². The normalized spacial score (nSPS) is 12.0. The van der Waals surface area contributed by atoms with Crippen molar-refractivity contribution >= 4 is 44.5 Å². The molecule has 6 amide bonds.